The summed E-state index contributed by atoms with van der Waals surface area (Å²) in [4.78, 5) is 28.2. The summed E-state index contributed by atoms with van der Waals surface area (Å²) < 4.78 is 5.64. The van der Waals surface area contributed by atoms with Crippen LogP contribution in [0.1, 0.15) is 35.7 Å². The van der Waals surface area contributed by atoms with Crippen molar-refractivity contribution in [2.45, 2.75) is 32.2 Å². The lowest BCUT2D eigenvalue weighted by Crippen LogP contribution is -2.50. The molecule has 0 bridgehead atoms. The maximum atomic E-state index is 12.6. The minimum Gasteiger partial charge on any atom is -0.484 e. The fourth-order valence-electron chi connectivity index (χ4n) is 3.70. The quantitative estimate of drug-likeness (QED) is 0.644. The van der Waals surface area contributed by atoms with Crippen LogP contribution in [-0.4, -0.2) is 60.8 Å². The molecule has 2 aromatic rings. The molecule has 1 atom stereocenters. The monoisotopic (exact) mass is 394 g/mol. The molecule has 5 heteroatoms. The van der Waals surface area contributed by atoms with Gasteiger partial charge in [-0.15, -0.1) is 0 Å². The van der Waals surface area contributed by atoms with Crippen LogP contribution in [0.15, 0.2) is 54.6 Å². The molecule has 2 aromatic carbocycles. The number of hydrogen-bond acceptors (Lipinski definition) is 4. The summed E-state index contributed by atoms with van der Waals surface area (Å²) in [7, 11) is 2.15. The van der Waals surface area contributed by atoms with Gasteiger partial charge >= 0.3 is 0 Å². The summed E-state index contributed by atoms with van der Waals surface area (Å²) in [6.07, 6.45) is 3.14. The molecule has 0 saturated carbocycles. The second-order valence-electron chi connectivity index (χ2n) is 7.72. The van der Waals surface area contributed by atoms with Gasteiger partial charge in [-0.2, -0.15) is 0 Å². The van der Waals surface area contributed by atoms with Gasteiger partial charge in [-0.25, -0.2) is 0 Å². The molecule has 3 rings (SSSR count). The number of carbonyl (C=O) groups is 2. The molecule has 0 spiro atoms. The van der Waals surface area contributed by atoms with E-state index in [1.54, 1.807) is 24.3 Å². The maximum Gasteiger partial charge on any atom is 0.260 e. The molecule has 1 aliphatic heterocycles. The zero-order valence-corrected chi connectivity index (χ0v) is 17.3. The summed E-state index contributed by atoms with van der Waals surface area (Å²) in [6.45, 7) is 4.07. The van der Waals surface area contributed by atoms with Gasteiger partial charge in [0, 0.05) is 31.2 Å². The Kier molecular flexibility index (Phi) is 7.42. The zero-order chi connectivity index (χ0) is 20.6. The Hall–Kier alpha value is -2.66. The predicted octanol–water partition coefficient (Wildman–Crippen LogP) is 3.43. The van der Waals surface area contributed by atoms with Gasteiger partial charge in [0.25, 0.3) is 5.91 Å². The Morgan fingerprint density at radius 2 is 1.83 bits per heavy atom. The van der Waals surface area contributed by atoms with Crippen molar-refractivity contribution in [3.05, 3.63) is 65.7 Å². The number of amides is 1. The number of likely N-dealkylation sites (tertiary alicyclic amines) is 1. The molecular weight excluding hydrogens is 364 g/mol. The predicted molar refractivity (Wildman–Crippen MR) is 114 cm³/mol. The Morgan fingerprint density at radius 3 is 2.52 bits per heavy atom. The molecule has 154 valence electrons. The van der Waals surface area contributed by atoms with Crippen LogP contribution in [0.5, 0.6) is 5.75 Å². The van der Waals surface area contributed by atoms with Crippen molar-refractivity contribution in [2.75, 3.05) is 33.3 Å². The summed E-state index contributed by atoms with van der Waals surface area (Å²) >= 11 is 0. The Bertz CT molecular complexity index is 805. The standard InChI is InChI=1S/C24H30N2O3/c1-19(27)21-10-12-23(13-11-21)29-18-24(28)26-15-6-9-22(17-26)25(2)16-14-20-7-4-3-5-8-20/h3-5,7-8,10-13,22H,6,9,14-18H2,1-2H3/t22-/m0/s1. The molecule has 0 radical (unpaired) electrons. The van der Waals surface area contributed by atoms with Gasteiger partial charge in [0.15, 0.2) is 12.4 Å². The minimum atomic E-state index is 0.0156. The highest BCUT2D eigenvalue weighted by Gasteiger charge is 2.26. The number of piperidine rings is 1. The van der Waals surface area contributed by atoms with E-state index in [2.05, 4.69) is 36.2 Å². The number of hydrogen-bond donors (Lipinski definition) is 0. The molecule has 1 amide bonds. The third-order valence-electron chi connectivity index (χ3n) is 5.59. The van der Waals surface area contributed by atoms with Crippen LogP contribution in [0.3, 0.4) is 0 Å². The van der Waals surface area contributed by atoms with E-state index in [0.717, 1.165) is 38.9 Å². The van der Waals surface area contributed by atoms with Crippen molar-refractivity contribution in [3.8, 4) is 5.75 Å². The van der Waals surface area contributed by atoms with Crippen molar-refractivity contribution in [3.63, 3.8) is 0 Å². The van der Waals surface area contributed by atoms with E-state index in [1.807, 2.05) is 11.0 Å². The van der Waals surface area contributed by atoms with Crippen LogP contribution in [0.2, 0.25) is 0 Å². The third-order valence-corrected chi connectivity index (χ3v) is 5.59. The highest BCUT2D eigenvalue weighted by molar-refractivity contribution is 5.94. The van der Waals surface area contributed by atoms with Crippen molar-refractivity contribution in [1.29, 1.82) is 0 Å². The largest absolute Gasteiger partial charge is 0.484 e. The highest BCUT2D eigenvalue weighted by Crippen LogP contribution is 2.17. The van der Waals surface area contributed by atoms with Crippen LogP contribution in [0.4, 0.5) is 0 Å². The number of benzene rings is 2. The van der Waals surface area contributed by atoms with Gasteiger partial charge in [0.1, 0.15) is 5.75 Å². The molecule has 29 heavy (non-hydrogen) atoms. The number of ketones is 1. The third kappa shape index (κ3) is 6.16. The van der Waals surface area contributed by atoms with Gasteiger partial charge in [-0.05, 0) is 63.1 Å². The molecule has 0 N–H and O–H groups in total. The lowest BCUT2D eigenvalue weighted by Gasteiger charge is -2.37. The normalized spacial score (nSPS) is 16.7. The van der Waals surface area contributed by atoms with Gasteiger partial charge < -0.3 is 14.5 Å². The molecular formula is C24H30N2O3. The molecule has 1 saturated heterocycles. The molecule has 0 aromatic heterocycles. The van der Waals surface area contributed by atoms with Crippen LogP contribution >= 0.6 is 0 Å². The second-order valence-corrected chi connectivity index (χ2v) is 7.72. The van der Waals surface area contributed by atoms with E-state index >= 15 is 0 Å². The van der Waals surface area contributed by atoms with Crippen LogP contribution in [0, 0.1) is 0 Å². The average Bonchev–Trinajstić information content (AvgIpc) is 2.77. The summed E-state index contributed by atoms with van der Waals surface area (Å²) in [6, 6.07) is 17.8. The molecule has 0 unspecified atom stereocenters. The number of carbonyl (C=O) groups excluding carboxylic acids is 2. The second kappa shape index (κ2) is 10.2. The van der Waals surface area contributed by atoms with E-state index < -0.39 is 0 Å². The van der Waals surface area contributed by atoms with Crippen LogP contribution < -0.4 is 4.74 Å². The molecule has 1 aliphatic rings. The Balaban J connectivity index is 1.46. The SMILES string of the molecule is CC(=O)c1ccc(OCC(=O)N2CCC[C@H](N(C)CCc3ccccc3)C2)cc1. The van der Waals surface area contributed by atoms with Crippen molar-refractivity contribution >= 4 is 11.7 Å². The van der Waals surface area contributed by atoms with E-state index in [-0.39, 0.29) is 18.3 Å². The van der Waals surface area contributed by atoms with Crippen molar-refractivity contribution in [1.82, 2.24) is 9.80 Å². The molecule has 5 nitrogen and oxygen atoms in total. The first kappa shape index (κ1) is 21.1. The fraction of sp³-hybridized carbons (Fsp3) is 0.417. The number of rotatable bonds is 8. The van der Waals surface area contributed by atoms with Crippen LogP contribution in [0.25, 0.3) is 0 Å². The van der Waals surface area contributed by atoms with E-state index in [4.69, 9.17) is 4.74 Å². The highest BCUT2D eigenvalue weighted by atomic mass is 16.5. The first-order valence-corrected chi connectivity index (χ1v) is 10.3. The molecule has 0 aliphatic carbocycles. The first-order chi connectivity index (χ1) is 14.0. The lowest BCUT2D eigenvalue weighted by molar-refractivity contribution is -0.135. The summed E-state index contributed by atoms with van der Waals surface area (Å²) in [5, 5.41) is 0. The average molecular weight is 395 g/mol. The van der Waals surface area contributed by atoms with Gasteiger partial charge in [-0.3, -0.25) is 9.59 Å². The molecule has 1 heterocycles. The summed E-state index contributed by atoms with van der Waals surface area (Å²) in [5.74, 6) is 0.641. The Labute approximate surface area is 173 Å². The smallest absolute Gasteiger partial charge is 0.260 e. The van der Waals surface area contributed by atoms with Crippen molar-refractivity contribution < 1.29 is 14.3 Å². The molecule has 1 fully saturated rings. The van der Waals surface area contributed by atoms with Gasteiger partial charge in [0.2, 0.25) is 0 Å². The summed E-state index contributed by atoms with van der Waals surface area (Å²) in [5.41, 5.74) is 1.98. The van der Waals surface area contributed by atoms with Crippen molar-refractivity contribution in [2.24, 2.45) is 0 Å². The van der Waals surface area contributed by atoms with Gasteiger partial charge in [0.05, 0.1) is 0 Å². The fourth-order valence-corrected chi connectivity index (χ4v) is 3.70. The van der Waals surface area contributed by atoms with E-state index in [9.17, 15) is 9.59 Å². The minimum absolute atomic E-state index is 0.0156. The maximum absolute atomic E-state index is 12.6. The number of nitrogens with zero attached hydrogens (tertiary/aromatic N) is 2. The zero-order valence-electron chi connectivity index (χ0n) is 17.3. The number of ether oxygens (including phenoxy) is 1. The first-order valence-electron chi connectivity index (χ1n) is 10.3. The topological polar surface area (TPSA) is 49.9 Å². The van der Waals surface area contributed by atoms with E-state index in [1.165, 1.54) is 12.5 Å². The van der Waals surface area contributed by atoms with Gasteiger partial charge in [-0.1, -0.05) is 30.3 Å². The number of Topliss-reactive ketones (excluding diaryl/α,β-unsaturated/α-hetero) is 1. The Morgan fingerprint density at radius 1 is 1.10 bits per heavy atom. The number of likely N-dealkylation sites (N-methyl/N-ethyl adjacent to an activating group) is 1. The lowest BCUT2D eigenvalue weighted by atomic mass is 10.0. The van der Waals surface area contributed by atoms with Crippen LogP contribution in [-0.2, 0) is 11.2 Å². The van der Waals surface area contributed by atoms with E-state index in [0.29, 0.717) is 17.4 Å².